The molecule has 0 N–H and O–H groups in total. The van der Waals surface area contributed by atoms with Crippen LogP contribution in [0.25, 0.3) is 6.08 Å². The van der Waals surface area contributed by atoms with Crippen molar-refractivity contribution in [3.05, 3.63) is 33.7 Å². The molecule has 0 radical (unpaired) electrons. The fourth-order valence-corrected chi connectivity index (χ4v) is 3.34. The summed E-state index contributed by atoms with van der Waals surface area (Å²) in [6.07, 6.45) is 1.54. The van der Waals surface area contributed by atoms with Gasteiger partial charge >= 0.3 is 5.97 Å². The van der Waals surface area contributed by atoms with Gasteiger partial charge in [0.1, 0.15) is 11.8 Å². The quantitative estimate of drug-likeness (QED) is 0.570. The highest BCUT2D eigenvalue weighted by Gasteiger charge is 2.41. The monoisotopic (exact) mass is 383 g/mol. The summed E-state index contributed by atoms with van der Waals surface area (Å²) in [6, 6.07) is 4.11. The molecule has 0 unspecified atom stereocenters. The second kappa shape index (κ2) is 7.93. The van der Waals surface area contributed by atoms with Gasteiger partial charge in [0.2, 0.25) is 0 Å². The summed E-state index contributed by atoms with van der Waals surface area (Å²) in [5.74, 6) is -0.644. The zero-order valence-electron chi connectivity index (χ0n) is 14.2. The van der Waals surface area contributed by atoms with Crippen LogP contribution < -0.4 is 4.74 Å². The number of ether oxygens (including phenoxy) is 2. The molecular weight excluding hydrogens is 366 g/mol. The normalized spacial score (nSPS) is 17.4. The number of hydrogen-bond acceptors (Lipinski definition) is 6. The van der Waals surface area contributed by atoms with Gasteiger partial charge in [-0.1, -0.05) is 17.7 Å². The molecule has 1 atom stereocenters. The van der Waals surface area contributed by atoms with E-state index in [2.05, 4.69) is 4.74 Å². The van der Waals surface area contributed by atoms with Gasteiger partial charge in [0, 0.05) is 0 Å². The Hall–Kier alpha value is -1.99. The van der Waals surface area contributed by atoms with E-state index in [0.29, 0.717) is 16.3 Å². The van der Waals surface area contributed by atoms with Gasteiger partial charge in [-0.25, -0.2) is 4.79 Å². The Morgan fingerprint density at radius 2 is 1.96 bits per heavy atom. The first kappa shape index (κ1) is 19.3. The summed E-state index contributed by atoms with van der Waals surface area (Å²) in [4.78, 5) is 37.2. The Bertz CT molecular complexity index is 747. The molecule has 134 valence electrons. The molecule has 1 aromatic rings. The number of rotatable bonds is 5. The minimum absolute atomic E-state index is 0.0142. The standard InChI is InChI=1S/C17H18ClNO5S/c1-9(2)24-13-6-5-11(7-12(13)18)8-14-15(20)19(17(22)25-14)10(3)16(21)23-4/h5-10H,1-4H3/b14-8+/t10-/m1/s1. The predicted octanol–water partition coefficient (Wildman–Crippen LogP) is 3.73. The number of carbonyl (C=O) groups excluding carboxylic acids is 3. The predicted molar refractivity (Wildman–Crippen MR) is 96.5 cm³/mol. The first-order valence-electron chi connectivity index (χ1n) is 7.55. The van der Waals surface area contributed by atoms with Crippen LogP contribution in [0.5, 0.6) is 5.75 Å². The number of imide groups is 1. The lowest BCUT2D eigenvalue weighted by Gasteiger charge is -2.18. The van der Waals surface area contributed by atoms with Crippen molar-refractivity contribution in [2.45, 2.75) is 32.9 Å². The number of carbonyl (C=O) groups is 3. The number of nitrogens with zero attached hydrogens (tertiary/aromatic N) is 1. The smallest absolute Gasteiger partial charge is 0.328 e. The maximum Gasteiger partial charge on any atom is 0.328 e. The lowest BCUT2D eigenvalue weighted by molar-refractivity contribution is -0.148. The highest BCUT2D eigenvalue weighted by Crippen LogP contribution is 2.35. The Kier molecular flexibility index (Phi) is 6.13. The molecule has 8 heteroatoms. The largest absolute Gasteiger partial charge is 0.489 e. The van der Waals surface area contributed by atoms with E-state index in [4.69, 9.17) is 16.3 Å². The highest BCUT2D eigenvalue weighted by atomic mass is 35.5. The lowest BCUT2D eigenvalue weighted by Crippen LogP contribution is -2.42. The number of hydrogen-bond donors (Lipinski definition) is 0. The first-order chi connectivity index (χ1) is 11.7. The van der Waals surface area contributed by atoms with E-state index in [9.17, 15) is 14.4 Å². The van der Waals surface area contributed by atoms with Crippen LogP contribution in [-0.2, 0) is 14.3 Å². The van der Waals surface area contributed by atoms with Crippen molar-refractivity contribution in [2.75, 3.05) is 7.11 Å². The maximum absolute atomic E-state index is 12.4. The second-order valence-corrected chi connectivity index (χ2v) is 7.01. The molecule has 25 heavy (non-hydrogen) atoms. The number of benzene rings is 1. The Morgan fingerprint density at radius 3 is 2.52 bits per heavy atom. The van der Waals surface area contributed by atoms with Crippen molar-refractivity contribution in [3.8, 4) is 5.75 Å². The van der Waals surface area contributed by atoms with Crippen molar-refractivity contribution >= 4 is 46.6 Å². The second-order valence-electron chi connectivity index (χ2n) is 5.61. The summed E-state index contributed by atoms with van der Waals surface area (Å²) in [6.45, 7) is 5.23. The van der Waals surface area contributed by atoms with Crippen LogP contribution in [0.1, 0.15) is 26.3 Å². The molecular formula is C17H18ClNO5S. The summed E-state index contributed by atoms with van der Waals surface area (Å²) in [5, 5.41) is -0.107. The van der Waals surface area contributed by atoms with Crippen molar-refractivity contribution in [1.82, 2.24) is 4.90 Å². The summed E-state index contributed by atoms with van der Waals surface area (Å²) in [7, 11) is 1.20. The average Bonchev–Trinajstić information content (AvgIpc) is 2.82. The Balaban J connectivity index is 2.24. The first-order valence-corrected chi connectivity index (χ1v) is 8.75. The van der Waals surface area contributed by atoms with Gasteiger partial charge in [-0.3, -0.25) is 14.5 Å². The average molecular weight is 384 g/mol. The van der Waals surface area contributed by atoms with Crippen LogP contribution in [0, 0.1) is 0 Å². The van der Waals surface area contributed by atoms with Gasteiger partial charge in [-0.2, -0.15) is 0 Å². The van der Waals surface area contributed by atoms with Gasteiger partial charge in [-0.05, 0) is 56.3 Å². The number of methoxy groups -OCH3 is 1. The van der Waals surface area contributed by atoms with Crippen LogP contribution in [-0.4, -0.2) is 41.3 Å². The molecule has 0 spiro atoms. The minimum Gasteiger partial charge on any atom is -0.489 e. The number of halogens is 1. The van der Waals surface area contributed by atoms with Gasteiger partial charge in [0.15, 0.2) is 0 Å². The van der Waals surface area contributed by atoms with E-state index in [0.717, 1.165) is 16.7 Å². The van der Waals surface area contributed by atoms with Crippen LogP contribution in [0.15, 0.2) is 23.1 Å². The molecule has 0 saturated carbocycles. The molecule has 0 aromatic heterocycles. The molecule has 2 rings (SSSR count). The van der Waals surface area contributed by atoms with E-state index in [1.807, 2.05) is 13.8 Å². The number of thioether (sulfide) groups is 1. The number of esters is 1. The molecule has 0 aliphatic carbocycles. The topological polar surface area (TPSA) is 72.9 Å². The van der Waals surface area contributed by atoms with Crippen molar-refractivity contribution in [2.24, 2.45) is 0 Å². The third kappa shape index (κ3) is 4.35. The lowest BCUT2D eigenvalue weighted by atomic mass is 10.2. The van der Waals surface area contributed by atoms with Gasteiger partial charge in [0.25, 0.3) is 11.1 Å². The van der Waals surface area contributed by atoms with Crippen molar-refractivity contribution in [3.63, 3.8) is 0 Å². The minimum atomic E-state index is -0.978. The number of amides is 2. The molecule has 1 fully saturated rings. The zero-order chi connectivity index (χ0) is 18.7. The molecule has 1 aromatic carbocycles. The van der Waals surface area contributed by atoms with E-state index in [-0.39, 0.29) is 11.0 Å². The summed E-state index contributed by atoms with van der Waals surface area (Å²) >= 11 is 6.95. The molecule has 1 saturated heterocycles. The molecule has 1 aliphatic heterocycles. The van der Waals surface area contributed by atoms with Crippen LogP contribution in [0.3, 0.4) is 0 Å². The van der Waals surface area contributed by atoms with Gasteiger partial charge in [0.05, 0.1) is 23.1 Å². The van der Waals surface area contributed by atoms with Crippen LogP contribution >= 0.6 is 23.4 Å². The maximum atomic E-state index is 12.4. The van der Waals surface area contributed by atoms with Crippen LogP contribution in [0.4, 0.5) is 4.79 Å². The zero-order valence-corrected chi connectivity index (χ0v) is 15.8. The Morgan fingerprint density at radius 1 is 1.28 bits per heavy atom. The molecule has 1 aliphatic rings. The third-order valence-corrected chi connectivity index (χ3v) is 4.55. The molecule has 1 heterocycles. The van der Waals surface area contributed by atoms with E-state index in [1.54, 1.807) is 24.3 Å². The Labute approximate surface area is 155 Å². The summed E-state index contributed by atoms with van der Waals surface area (Å²) in [5.41, 5.74) is 0.650. The van der Waals surface area contributed by atoms with E-state index >= 15 is 0 Å². The third-order valence-electron chi connectivity index (χ3n) is 3.37. The fourth-order valence-electron chi connectivity index (χ4n) is 2.20. The summed E-state index contributed by atoms with van der Waals surface area (Å²) < 4.78 is 10.1. The highest BCUT2D eigenvalue weighted by molar-refractivity contribution is 8.18. The van der Waals surface area contributed by atoms with E-state index < -0.39 is 23.2 Å². The molecule has 6 nitrogen and oxygen atoms in total. The van der Waals surface area contributed by atoms with Crippen molar-refractivity contribution in [1.29, 1.82) is 0 Å². The molecule has 0 bridgehead atoms. The van der Waals surface area contributed by atoms with Crippen LogP contribution in [0.2, 0.25) is 5.02 Å². The van der Waals surface area contributed by atoms with E-state index in [1.165, 1.54) is 14.0 Å². The van der Waals surface area contributed by atoms with Gasteiger partial charge < -0.3 is 9.47 Å². The molecule has 2 amide bonds. The SMILES string of the molecule is COC(=O)[C@@H](C)N1C(=O)S/C(=C/c2ccc(OC(C)C)c(Cl)c2)C1=O. The fraction of sp³-hybridized carbons (Fsp3) is 0.353. The van der Waals surface area contributed by atoms with Gasteiger partial charge in [-0.15, -0.1) is 0 Å². The van der Waals surface area contributed by atoms with Crippen molar-refractivity contribution < 1.29 is 23.9 Å².